The van der Waals surface area contributed by atoms with Crippen LogP contribution in [-0.2, 0) is 9.53 Å². The van der Waals surface area contributed by atoms with Crippen molar-refractivity contribution in [1.29, 1.82) is 0 Å². The lowest BCUT2D eigenvalue weighted by atomic mass is 10.2. The molecule has 0 aromatic heterocycles. The van der Waals surface area contributed by atoms with Gasteiger partial charge in [0.25, 0.3) is 0 Å². The SMILES string of the molecule is CCOC(=O)C(N)CCSCC. The van der Waals surface area contributed by atoms with E-state index in [1.165, 1.54) is 0 Å². The van der Waals surface area contributed by atoms with Gasteiger partial charge in [-0.25, -0.2) is 0 Å². The molecule has 0 saturated heterocycles. The Bertz CT molecular complexity index is 130. The third-order valence-electron chi connectivity index (χ3n) is 1.37. The van der Waals surface area contributed by atoms with Crippen molar-refractivity contribution >= 4 is 17.7 Å². The molecule has 1 atom stereocenters. The van der Waals surface area contributed by atoms with Crippen LogP contribution in [0.4, 0.5) is 0 Å². The van der Waals surface area contributed by atoms with Gasteiger partial charge in [-0.05, 0) is 24.9 Å². The summed E-state index contributed by atoms with van der Waals surface area (Å²) in [5, 5.41) is 0. The molecule has 0 radical (unpaired) electrons. The Kier molecular flexibility index (Phi) is 7.29. The minimum atomic E-state index is -0.441. The third kappa shape index (κ3) is 5.43. The molecule has 0 amide bonds. The normalized spacial score (nSPS) is 12.6. The second-order valence-electron chi connectivity index (χ2n) is 2.34. The molecular weight excluding hydrogens is 174 g/mol. The predicted molar refractivity (Wildman–Crippen MR) is 52.2 cm³/mol. The Morgan fingerprint density at radius 3 is 2.75 bits per heavy atom. The fourth-order valence-corrected chi connectivity index (χ4v) is 1.43. The molecule has 0 aromatic carbocycles. The second-order valence-corrected chi connectivity index (χ2v) is 3.74. The van der Waals surface area contributed by atoms with Gasteiger partial charge in [-0.2, -0.15) is 11.8 Å². The molecule has 0 aliphatic rings. The number of hydrogen-bond donors (Lipinski definition) is 1. The Morgan fingerprint density at radius 2 is 2.25 bits per heavy atom. The Hall–Kier alpha value is -0.220. The average Bonchev–Trinajstić information content (AvgIpc) is 2.05. The quantitative estimate of drug-likeness (QED) is 0.503. The van der Waals surface area contributed by atoms with Crippen LogP contribution in [0.15, 0.2) is 0 Å². The number of nitrogens with two attached hydrogens (primary N) is 1. The first kappa shape index (κ1) is 11.8. The van der Waals surface area contributed by atoms with E-state index in [0.29, 0.717) is 13.0 Å². The van der Waals surface area contributed by atoms with E-state index >= 15 is 0 Å². The topological polar surface area (TPSA) is 52.3 Å². The molecule has 1 unspecified atom stereocenters. The zero-order valence-corrected chi connectivity index (χ0v) is 8.52. The highest BCUT2D eigenvalue weighted by molar-refractivity contribution is 7.99. The molecule has 0 saturated carbocycles. The van der Waals surface area contributed by atoms with Crippen molar-refractivity contribution < 1.29 is 9.53 Å². The highest BCUT2D eigenvalue weighted by Gasteiger charge is 2.13. The minimum absolute atomic E-state index is 0.283. The van der Waals surface area contributed by atoms with Gasteiger partial charge in [0.1, 0.15) is 6.04 Å². The van der Waals surface area contributed by atoms with Crippen LogP contribution < -0.4 is 5.73 Å². The summed E-state index contributed by atoms with van der Waals surface area (Å²) < 4.78 is 4.76. The van der Waals surface area contributed by atoms with E-state index in [-0.39, 0.29) is 5.97 Å². The van der Waals surface area contributed by atoms with E-state index in [2.05, 4.69) is 6.92 Å². The van der Waals surface area contributed by atoms with Crippen molar-refractivity contribution in [1.82, 2.24) is 0 Å². The highest BCUT2D eigenvalue weighted by atomic mass is 32.2. The number of hydrogen-bond acceptors (Lipinski definition) is 4. The van der Waals surface area contributed by atoms with Crippen LogP contribution in [-0.4, -0.2) is 30.1 Å². The van der Waals surface area contributed by atoms with Crippen LogP contribution in [0.25, 0.3) is 0 Å². The predicted octanol–water partition coefficient (Wildman–Crippen LogP) is 1.02. The molecule has 72 valence electrons. The molecule has 0 aliphatic heterocycles. The largest absolute Gasteiger partial charge is 0.465 e. The monoisotopic (exact) mass is 191 g/mol. The highest BCUT2D eigenvalue weighted by Crippen LogP contribution is 2.03. The van der Waals surface area contributed by atoms with Crippen molar-refractivity contribution in [3.05, 3.63) is 0 Å². The molecule has 0 bridgehead atoms. The molecule has 12 heavy (non-hydrogen) atoms. The molecular formula is C8H17NO2S. The fraction of sp³-hybridized carbons (Fsp3) is 0.875. The maximum Gasteiger partial charge on any atom is 0.322 e. The number of esters is 1. The number of rotatable bonds is 6. The summed E-state index contributed by atoms with van der Waals surface area (Å²) in [7, 11) is 0. The summed E-state index contributed by atoms with van der Waals surface area (Å²) >= 11 is 1.78. The number of ether oxygens (including phenoxy) is 1. The van der Waals surface area contributed by atoms with Gasteiger partial charge < -0.3 is 10.5 Å². The third-order valence-corrected chi connectivity index (χ3v) is 2.30. The number of carbonyl (C=O) groups is 1. The van der Waals surface area contributed by atoms with Crippen molar-refractivity contribution in [2.75, 3.05) is 18.1 Å². The molecule has 0 aliphatic carbocycles. The molecule has 0 aromatic rings. The van der Waals surface area contributed by atoms with E-state index in [1.54, 1.807) is 18.7 Å². The van der Waals surface area contributed by atoms with Crippen LogP contribution in [0, 0.1) is 0 Å². The lowest BCUT2D eigenvalue weighted by Gasteiger charge is -2.09. The average molecular weight is 191 g/mol. The molecule has 0 fully saturated rings. The van der Waals surface area contributed by atoms with Gasteiger partial charge in [-0.15, -0.1) is 0 Å². The molecule has 2 N–H and O–H groups in total. The van der Waals surface area contributed by atoms with Gasteiger partial charge in [0, 0.05) is 0 Å². The van der Waals surface area contributed by atoms with Crippen molar-refractivity contribution in [2.24, 2.45) is 5.73 Å². The number of carbonyl (C=O) groups excluding carboxylic acids is 1. The van der Waals surface area contributed by atoms with E-state index in [1.807, 2.05) is 0 Å². The summed E-state index contributed by atoms with van der Waals surface area (Å²) in [6, 6.07) is -0.441. The smallest absolute Gasteiger partial charge is 0.322 e. The minimum Gasteiger partial charge on any atom is -0.465 e. The van der Waals surface area contributed by atoms with E-state index in [0.717, 1.165) is 11.5 Å². The standard InChI is InChI=1S/C8H17NO2S/c1-3-11-8(10)7(9)5-6-12-4-2/h7H,3-6,9H2,1-2H3. The van der Waals surface area contributed by atoms with Crippen molar-refractivity contribution in [2.45, 2.75) is 26.3 Å². The zero-order valence-electron chi connectivity index (χ0n) is 7.71. The zero-order chi connectivity index (χ0) is 9.40. The lowest BCUT2D eigenvalue weighted by molar-refractivity contribution is -0.144. The summed E-state index contributed by atoms with van der Waals surface area (Å²) in [6.45, 7) is 4.28. The van der Waals surface area contributed by atoms with Gasteiger partial charge >= 0.3 is 5.97 Å². The molecule has 0 rings (SSSR count). The van der Waals surface area contributed by atoms with Crippen LogP contribution in [0.3, 0.4) is 0 Å². The summed E-state index contributed by atoms with van der Waals surface area (Å²) in [6.07, 6.45) is 0.706. The molecule has 0 heterocycles. The summed E-state index contributed by atoms with van der Waals surface area (Å²) in [4.78, 5) is 11.0. The molecule has 0 spiro atoms. The van der Waals surface area contributed by atoms with Crippen LogP contribution in [0.2, 0.25) is 0 Å². The Balaban J connectivity index is 3.42. The first-order chi connectivity index (χ1) is 5.72. The van der Waals surface area contributed by atoms with Gasteiger partial charge in [0.2, 0.25) is 0 Å². The Labute approximate surface area is 78.0 Å². The van der Waals surface area contributed by atoms with Gasteiger partial charge in [0.15, 0.2) is 0 Å². The van der Waals surface area contributed by atoms with Crippen molar-refractivity contribution in [3.8, 4) is 0 Å². The maximum atomic E-state index is 11.0. The Morgan fingerprint density at radius 1 is 1.58 bits per heavy atom. The fourth-order valence-electron chi connectivity index (χ4n) is 0.722. The van der Waals surface area contributed by atoms with E-state index in [9.17, 15) is 4.79 Å². The van der Waals surface area contributed by atoms with Gasteiger partial charge in [-0.3, -0.25) is 4.79 Å². The maximum absolute atomic E-state index is 11.0. The first-order valence-electron chi connectivity index (χ1n) is 4.22. The summed E-state index contributed by atoms with van der Waals surface area (Å²) in [5.41, 5.74) is 5.56. The van der Waals surface area contributed by atoms with Crippen LogP contribution in [0.5, 0.6) is 0 Å². The van der Waals surface area contributed by atoms with Gasteiger partial charge in [-0.1, -0.05) is 6.92 Å². The lowest BCUT2D eigenvalue weighted by Crippen LogP contribution is -2.32. The second kappa shape index (κ2) is 7.43. The van der Waals surface area contributed by atoms with E-state index < -0.39 is 6.04 Å². The van der Waals surface area contributed by atoms with Gasteiger partial charge in [0.05, 0.1) is 6.61 Å². The molecule has 3 nitrogen and oxygen atoms in total. The molecule has 4 heteroatoms. The van der Waals surface area contributed by atoms with Crippen LogP contribution >= 0.6 is 11.8 Å². The van der Waals surface area contributed by atoms with Crippen LogP contribution in [0.1, 0.15) is 20.3 Å². The van der Waals surface area contributed by atoms with Crippen molar-refractivity contribution in [3.63, 3.8) is 0 Å². The number of thioether (sulfide) groups is 1. The summed E-state index contributed by atoms with van der Waals surface area (Å²) in [5.74, 6) is 1.71. The van der Waals surface area contributed by atoms with E-state index in [4.69, 9.17) is 10.5 Å². The first-order valence-corrected chi connectivity index (χ1v) is 5.37.